The molecule has 116 valence electrons. The fraction of sp³-hybridized carbons (Fsp3) is 0.375. The number of piperazine rings is 1. The molecule has 3 rings (SSSR count). The maximum atomic E-state index is 12.1. The van der Waals surface area contributed by atoms with Crippen LogP contribution in [0, 0.1) is 0 Å². The largest absolute Gasteiger partial charge is 0.459 e. The quantitative estimate of drug-likeness (QED) is 0.885. The molecule has 1 fully saturated rings. The summed E-state index contributed by atoms with van der Waals surface area (Å²) in [4.78, 5) is 25.2. The highest BCUT2D eigenvalue weighted by Gasteiger charge is 2.20. The summed E-state index contributed by atoms with van der Waals surface area (Å²) < 4.78 is 5.75. The van der Waals surface area contributed by atoms with E-state index in [-0.39, 0.29) is 30.9 Å². The van der Waals surface area contributed by atoms with Crippen LogP contribution in [0.15, 0.2) is 34.7 Å². The summed E-state index contributed by atoms with van der Waals surface area (Å²) in [5.41, 5.74) is 0.811. The van der Waals surface area contributed by atoms with Crippen molar-refractivity contribution in [1.29, 1.82) is 0 Å². The summed E-state index contributed by atoms with van der Waals surface area (Å²) in [6.07, 6.45) is 0. The molecule has 2 aromatic rings. The molecule has 6 nitrogen and oxygen atoms in total. The van der Waals surface area contributed by atoms with Gasteiger partial charge in [-0.05, 0) is 19.1 Å². The smallest absolute Gasteiger partial charge is 0.234 e. The second-order valence-corrected chi connectivity index (χ2v) is 5.54. The number of nitrogens with one attached hydrogen (secondary N) is 2. The van der Waals surface area contributed by atoms with Crippen LogP contribution in [0.3, 0.4) is 0 Å². The number of hydrogen-bond acceptors (Lipinski definition) is 4. The Hall–Kier alpha value is -2.34. The van der Waals surface area contributed by atoms with Crippen molar-refractivity contribution in [3.63, 3.8) is 0 Å². The minimum atomic E-state index is -0.210. The second kappa shape index (κ2) is 6.19. The fourth-order valence-corrected chi connectivity index (χ4v) is 2.60. The highest BCUT2D eigenvalue weighted by Crippen LogP contribution is 2.23. The highest BCUT2D eigenvalue weighted by molar-refractivity contribution is 5.82. The Kier molecular flexibility index (Phi) is 4.11. The molecule has 0 bridgehead atoms. The average molecular weight is 301 g/mol. The number of carbonyl (C=O) groups is 2. The first-order valence-electron chi connectivity index (χ1n) is 7.39. The molecule has 0 saturated carbocycles. The van der Waals surface area contributed by atoms with E-state index in [4.69, 9.17) is 4.42 Å². The number of para-hydroxylation sites is 1. The number of hydrogen-bond donors (Lipinski definition) is 2. The Morgan fingerprint density at radius 1 is 1.45 bits per heavy atom. The van der Waals surface area contributed by atoms with Gasteiger partial charge in [0.1, 0.15) is 11.3 Å². The van der Waals surface area contributed by atoms with Crippen molar-refractivity contribution in [2.45, 2.75) is 13.0 Å². The number of fused-ring (bicyclic) bond motifs is 1. The first-order valence-corrected chi connectivity index (χ1v) is 7.39. The van der Waals surface area contributed by atoms with Gasteiger partial charge in [-0.15, -0.1) is 0 Å². The Balaban J connectivity index is 1.59. The van der Waals surface area contributed by atoms with Gasteiger partial charge in [-0.25, -0.2) is 0 Å². The Bertz CT molecular complexity index is 662. The van der Waals surface area contributed by atoms with E-state index in [0.29, 0.717) is 13.1 Å². The van der Waals surface area contributed by atoms with Crippen LogP contribution in [0.25, 0.3) is 11.0 Å². The number of carbonyl (C=O) groups excluding carboxylic acids is 2. The van der Waals surface area contributed by atoms with Crippen LogP contribution >= 0.6 is 0 Å². The molecule has 1 aliphatic heterocycles. The number of benzene rings is 1. The van der Waals surface area contributed by atoms with Crippen molar-refractivity contribution in [2.24, 2.45) is 0 Å². The number of amides is 2. The van der Waals surface area contributed by atoms with Crippen LogP contribution in [0.1, 0.15) is 18.7 Å². The van der Waals surface area contributed by atoms with E-state index in [1.165, 1.54) is 0 Å². The molecule has 2 amide bonds. The van der Waals surface area contributed by atoms with Gasteiger partial charge in [0.05, 0.1) is 19.1 Å². The lowest BCUT2D eigenvalue weighted by molar-refractivity contribution is -0.127. The maximum absolute atomic E-state index is 12.1. The predicted molar refractivity (Wildman–Crippen MR) is 82.2 cm³/mol. The van der Waals surface area contributed by atoms with Crippen molar-refractivity contribution in [2.75, 3.05) is 26.2 Å². The number of furan rings is 1. The molecule has 0 spiro atoms. The van der Waals surface area contributed by atoms with E-state index >= 15 is 0 Å². The standard InChI is InChI=1S/C16H19N3O3/c1-11(14-8-12-4-2-3-5-13(12)22-14)18-16(21)10-19-7-6-17-15(20)9-19/h2-5,8,11H,6-7,9-10H2,1H3,(H,17,20)(H,18,21)/t11-/m0/s1. The van der Waals surface area contributed by atoms with Crippen LogP contribution in [0.5, 0.6) is 0 Å². The van der Waals surface area contributed by atoms with E-state index < -0.39 is 0 Å². The molecule has 6 heteroatoms. The van der Waals surface area contributed by atoms with Crippen LogP contribution in [-0.2, 0) is 9.59 Å². The van der Waals surface area contributed by atoms with Crippen LogP contribution in [0.2, 0.25) is 0 Å². The zero-order chi connectivity index (χ0) is 15.5. The fourth-order valence-electron chi connectivity index (χ4n) is 2.60. The van der Waals surface area contributed by atoms with E-state index in [0.717, 1.165) is 16.7 Å². The summed E-state index contributed by atoms with van der Waals surface area (Å²) >= 11 is 0. The van der Waals surface area contributed by atoms with Gasteiger partial charge < -0.3 is 15.1 Å². The molecule has 1 aromatic carbocycles. The van der Waals surface area contributed by atoms with Crippen molar-refractivity contribution in [3.05, 3.63) is 36.1 Å². The molecule has 0 radical (unpaired) electrons. The molecule has 0 unspecified atom stereocenters. The minimum Gasteiger partial charge on any atom is -0.459 e. The van der Waals surface area contributed by atoms with Gasteiger partial charge in [0.25, 0.3) is 0 Å². The predicted octanol–water partition coefficient (Wildman–Crippen LogP) is 1.04. The summed E-state index contributed by atoms with van der Waals surface area (Å²) in [6, 6.07) is 9.47. The lowest BCUT2D eigenvalue weighted by atomic mass is 10.2. The van der Waals surface area contributed by atoms with Crippen LogP contribution < -0.4 is 10.6 Å². The molecular formula is C16H19N3O3. The van der Waals surface area contributed by atoms with E-state index in [2.05, 4.69) is 10.6 Å². The molecule has 1 aromatic heterocycles. The average Bonchev–Trinajstić information content (AvgIpc) is 2.91. The first kappa shape index (κ1) is 14.6. The number of rotatable bonds is 4. The third-order valence-corrected chi connectivity index (χ3v) is 3.73. The van der Waals surface area contributed by atoms with Crippen molar-refractivity contribution < 1.29 is 14.0 Å². The van der Waals surface area contributed by atoms with E-state index in [1.807, 2.05) is 42.2 Å². The summed E-state index contributed by atoms with van der Waals surface area (Å²) in [5.74, 6) is 0.581. The molecule has 2 N–H and O–H groups in total. The topological polar surface area (TPSA) is 74.6 Å². The van der Waals surface area contributed by atoms with Crippen molar-refractivity contribution >= 4 is 22.8 Å². The molecular weight excluding hydrogens is 282 g/mol. The molecule has 1 aliphatic rings. The SMILES string of the molecule is C[C@H](NC(=O)CN1CCNC(=O)C1)c1cc2ccccc2o1. The van der Waals surface area contributed by atoms with E-state index in [1.54, 1.807) is 0 Å². The minimum absolute atomic E-state index is 0.0376. The monoisotopic (exact) mass is 301 g/mol. The zero-order valence-electron chi connectivity index (χ0n) is 12.5. The summed E-state index contributed by atoms with van der Waals surface area (Å²) in [6.45, 7) is 3.66. The van der Waals surface area contributed by atoms with Crippen molar-refractivity contribution in [1.82, 2.24) is 15.5 Å². The van der Waals surface area contributed by atoms with Gasteiger partial charge in [-0.3, -0.25) is 14.5 Å². The normalized spacial score (nSPS) is 17.2. The Morgan fingerprint density at radius 2 is 2.27 bits per heavy atom. The zero-order valence-corrected chi connectivity index (χ0v) is 12.5. The molecule has 1 saturated heterocycles. The van der Waals surface area contributed by atoms with Crippen LogP contribution in [-0.4, -0.2) is 42.9 Å². The van der Waals surface area contributed by atoms with Gasteiger partial charge in [-0.2, -0.15) is 0 Å². The van der Waals surface area contributed by atoms with Gasteiger partial charge >= 0.3 is 0 Å². The maximum Gasteiger partial charge on any atom is 0.234 e. The lowest BCUT2D eigenvalue weighted by Crippen LogP contribution is -2.50. The van der Waals surface area contributed by atoms with Gasteiger partial charge in [-0.1, -0.05) is 18.2 Å². The van der Waals surface area contributed by atoms with Gasteiger partial charge in [0.2, 0.25) is 11.8 Å². The summed E-state index contributed by atoms with van der Waals surface area (Å²) in [7, 11) is 0. The molecule has 1 atom stereocenters. The van der Waals surface area contributed by atoms with Gasteiger partial charge in [0, 0.05) is 18.5 Å². The highest BCUT2D eigenvalue weighted by atomic mass is 16.3. The van der Waals surface area contributed by atoms with E-state index in [9.17, 15) is 9.59 Å². The lowest BCUT2D eigenvalue weighted by Gasteiger charge is -2.26. The second-order valence-electron chi connectivity index (χ2n) is 5.54. The van der Waals surface area contributed by atoms with Crippen LogP contribution in [0.4, 0.5) is 0 Å². The van der Waals surface area contributed by atoms with Crippen molar-refractivity contribution in [3.8, 4) is 0 Å². The Labute approximate surface area is 128 Å². The molecule has 0 aliphatic carbocycles. The summed E-state index contributed by atoms with van der Waals surface area (Å²) in [5, 5.41) is 6.67. The third-order valence-electron chi connectivity index (χ3n) is 3.73. The van der Waals surface area contributed by atoms with Gasteiger partial charge in [0.15, 0.2) is 0 Å². The Morgan fingerprint density at radius 3 is 3.05 bits per heavy atom. The molecule has 2 heterocycles. The number of nitrogens with zero attached hydrogens (tertiary/aromatic N) is 1. The molecule has 22 heavy (non-hydrogen) atoms. The third kappa shape index (κ3) is 3.28. The first-order chi connectivity index (χ1) is 10.6.